The zero-order chi connectivity index (χ0) is 15.0. The molecule has 0 saturated carbocycles. The second-order valence-corrected chi connectivity index (χ2v) is 8.50. The van der Waals surface area contributed by atoms with E-state index in [9.17, 15) is 8.42 Å². The summed E-state index contributed by atoms with van der Waals surface area (Å²) in [6, 6.07) is 0. The van der Waals surface area contributed by atoms with Crippen LogP contribution in [0.5, 0.6) is 0 Å². The monoisotopic (exact) mass is 305 g/mol. The van der Waals surface area contributed by atoms with Crippen molar-refractivity contribution in [3.8, 4) is 0 Å². The van der Waals surface area contributed by atoms with Crippen molar-refractivity contribution in [2.45, 2.75) is 45.3 Å². The second-order valence-electron chi connectivity index (χ2n) is 6.57. The zero-order valence-corrected chi connectivity index (χ0v) is 13.5. The molecule has 2 rings (SSSR count). The molecule has 2 saturated heterocycles. The number of hydrogen-bond acceptors (Lipinski definition) is 4. The van der Waals surface area contributed by atoms with Gasteiger partial charge in [0.1, 0.15) is 0 Å². The van der Waals surface area contributed by atoms with Crippen LogP contribution in [0.4, 0.5) is 0 Å². The van der Waals surface area contributed by atoms with Gasteiger partial charge in [-0.15, -0.1) is 0 Å². The molecule has 0 aliphatic carbocycles. The van der Waals surface area contributed by atoms with E-state index in [1.54, 1.807) is 8.61 Å². The normalized spacial score (nSPS) is 30.5. The number of ether oxygens (including phenoxy) is 1. The number of rotatable bonds is 3. The quantitative estimate of drug-likeness (QED) is 0.819. The van der Waals surface area contributed by atoms with Crippen LogP contribution < -0.4 is 5.73 Å². The minimum atomic E-state index is -3.37. The molecular weight excluding hydrogens is 278 g/mol. The van der Waals surface area contributed by atoms with Crippen LogP contribution in [-0.4, -0.2) is 61.5 Å². The van der Waals surface area contributed by atoms with Gasteiger partial charge in [-0.05, 0) is 46.1 Å². The third-order valence-electron chi connectivity index (χ3n) is 4.10. The van der Waals surface area contributed by atoms with E-state index in [1.807, 2.05) is 20.8 Å². The first-order chi connectivity index (χ1) is 9.24. The molecule has 0 aromatic rings. The smallest absolute Gasteiger partial charge is 0.282 e. The summed E-state index contributed by atoms with van der Waals surface area (Å²) in [6.45, 7) is 8.45. The summed E-state index contributed by atoms with van der Waals surface area (Å²) in [6.07, 6.45) is 1.65. The Hall–Kier alpha value is -0.210. The van der Waals surface area contributed by atoms with Crippen LogP contribution >= 0.6 is 0 Å². The van der Waals surface area contributed by atoms with E-state index in [4.69, 9.17) is 10.5 Å². The highest BCUT2D eigenvalue weighted by Crippen LogP contribution is 2.26. The van der Waals surface area contributed by atoms with Crippen molar-refractivity contribution in [3.05, 3.63) is 0 Å². The predicted molar refractivity (Wildman–Crippen MR) is 78.5 cm³/mol. The lowest BCUT2D eigenvalue weighted by molar-refractivity contribution is -0.110. The first-order valence-electron chi connectivity index (χ1n) is 7.38. The average molecular weight is 305 g/mol. The average Bonchev–Trinajstić information content (AvgIpc) is 2.36. The van der Waals surface area contributed by atoms with Gasteiger partial charge in [-0.1, -0.05) is 0 Å². The number of nitrogens with two attached hydrogens (primary N) is 1. The van der Waals surface area contributed by atoms with E-state index < -0.39 is 15.8 Å². The molecule has 1 unspecified atom stereocenters. The highest BCUT2D eigenvalue weighted by Gasteiger charge is 2.40. The Bertz CT molecular complexity index is 430. The molecule has 0 aromatic heterocycles. The van der Waals surface area contributed by atoms with Gasteiger partial charge in [0.25, 0.3) is 10.2 Å². The Balaban J connectivity index is 2.06. The molecular formula is C13H27N3O3S. The standard InChI is InChI=1S/C13H27N3O3S/c1-11-9-16(10-13(2,3)19-11)20(17,18)15-6-4-12(8-14)5-7-15/h11-12H,4-10,14H2,1-3H3. The summed E-state index contributed by atoms with van der Waals surface area (Å²) in [7, 11) is -3.37. The van der Waals surface area contributed by atoms with Crippen molar-refractivity contribution in [2.75, 3.05) is 32.7 Å². The van der Waals surface area contributed by atoms with Crippen LogP contribution in [0.1, 0.15) is 33.6 Å². The lowest BCUT2D eigenvalue weighted by atomic mass is 9.99. The largest absolute Gasteiger partial charge is 0.370 e. The summed E-state index contributed by atoms with van der Waals surface area (Å²) < 4.78 is 34.4. The number of hydrogen-bond donors (Lipinski definition) is 1. The van der Waals surface area contributed by atoms with Crippen LogP contribution in [0, 0.1) is 5.92 Å². The minimum absolute atomic E-state index is 0.0740. The van der Waals surface area contributed by atoms with Crippen molar-refractivity contribution in [2.24, 2.45) is 11.7 Å². The fourth-order valence-electron chi connectivity index (χ4n) is 3.11. The van der Waals surface area contributed by atoms with E-state index in [2.05, 4.69) is 0 Å². The van der Waals surface area contributed by atoms with Crippen LogP contribution in [-0.2, 0) is 14.9 Å². The fourth-order valence-corrected chi connectivity index (χ4v) is 4.98. The molecule has 7 heteroatoms. The topological polar surface area (TPSA) is 75.9 Å². The summed E-state index contributed by atoms with van der Waals surface area (Å²) >= 11 is 0. The van der Waals surface area contributed by atoms with Crippen molar-refractivity contribution in [1.29, 1.82) is 0 Å². The Morgan fingerprint density at radius 1 is 1.25 bits per heavy atom. The molecule has 1 atom stereocenters. The van der Waals surface area contributed by atoms with Gasteiger partial charge < -0.3 is 10.5 Å². The molecule has 2 aliphatic rings. The van der Waals surface area contributed by atoms with Crippen molar-refractivity contribution in [1.82, 2.24) is 8.61 Å². The van der Waals surface area contributed by atoms with Crippen molar-refractivity contribution in [3.63, 3.8) is 0 Å². The molecule has 118 valence electrons. The third kappa shape index (κ3) is 3.51. The van der Waals surface area contributed by atoms with Gasteiger partial charge in [-0.25, -0.2) is 0 Å². The molecule has 2 fully saturated rings. The lowest BCUT2D eigenvalue weighted by Gasteiger charge is -2.43. The van der Waals surface area contributed by atoms with Crippen molar-refractivity contribution >= 4 is 10.2 Å². The molecule has 20 heavy (non-hydrogen) atoms. The molecule has 0 radical (unpaired) electrons. The molecule has 2 aliphatic heterocycles. The Morgan fingerprint density at radius 2 is 1.85 bits per heavy atom. The molecule has 0 bridgehead atoms. The molecule has 0 amide bonds. The van der Waals surface area contributed by atoms with Crippen LogP contribution in [0.15, 0.2) is 0 Å². The lowest BCUT2D eigenvalue weighted by Crippen LogP contribution is -2.57. The van der Waals surface area contributed by atoms with Gasteiger partial charge in [0.05, 0.1) is 11.7 Å². The van der Waals surface area contributed by atoms with Gasteiger partial charge in [0, 0.05) is 26.2 Å². The number of nitrogens with zero attached hydrogens (tertiary/aromatic N) is 2. The number of morpholine rings is 1. The summed E-state index contributed by atoms with van der Waals surface area (Å²) in [5, 5.41) is 0. The molecule has 2 heterocycles. The highest BCUT2D eigenvalue weighted by atomic mass is 32.2. The Labute approximate surface area is 122 Å². The second kappa shape index (κ2) is 5.88. The van der Waals surface area contributed by atoms with Gasteiger partial charge >= 0.3 is 0 Å². The molecule has 0 spiro atoms. The number of piperidine rings is 1. The molecule has 2 N–H and O–H groups in total. The Kier molecular flexibility index (Phi) is 4.76. The predicted octanol–water partition coefficient (Wildman–Crippen LogP) is 0.401. The first-order valence-corrected chi connectivity index (χ1v) is 8.77. The first kappa shape index (κ1) is 16.2. The van der Waals surface area contributed by atoms with Crippen molar-refractivity contribution < 1.29 is 13.2 Å². The molecule has 6 nitrogen and oxygen atoms in total. The summed E-state index contributed by atoms with van der Waals surface area (Å²) in [5.74, 6) is 0.460. The van der Waals surface area contributed by atoms with E-state index in [-0.39, 0.29) is 6.10 Å². The van der Waals surface area contributed by atoms with Crippen LogP contribution in [0.3, 0.4) is 0 Å². The Morgan fingerprint density at radius 3 is 2.35 bits per heavy atom. The van der Waals surface area contributed by atoms with E-state index in [0.29, 0.717) is 38.6 Å². The maximum Gasteiger partial charge on any atom is 0.282 e. The van der Waals surface area contributed by atoms with Gasteiger partial charge in [-0.3, -0.25) is 0 Å². The van der Waals surface area contributed by atoms with Gasteiger partial charge in [0.15, 0.2) is 0 Å². The summed E-state index contributed by atoms with van der Waals surface area (Å²) in [4.78, 5) is 0. The minimum Gasteiger partial charge on any atom is -0.370 e. The third-order valence-corrected chi connectivity index (χ3v) is 6.05. The van der Waals surface area contributed by atoms with Gasteiger partial charge in [-0.2, -0.15) is 17.0 Å². The van der Waals surface area contributed by atoms with E-state index in [1.165, 1.54) is 0 Å². The highest BCUT2D eigenvalue weighted by molar-refractivity contribution is 7.86. The van der Waals surface area contributed by atoms with Crippen LogP contribution in [0.25, 0.3) is 0 Å². The van der Waals surface area contributed by atoms with E-state index in [0.717, 1.165) is 12.8 Å². The fraction of sp³-hybridized carbons (Fsp3) is 1.00. The summed E-state index contributed by atoms with van der Waals surface area (Å²) in [5.41, 5.74) is 5.23. The van der Waals surface area contributed by atoms with Crippen LogP contribution in [0.2, 0.25) is 0 Å². The van der Waals surface area contributed by atoms with Gasteiger partial charge in [0.2, 0.25) is 0 Å². The maximum absolute atomic E-state index is 12.7. The maximum atomic E-state index is 12.7. The SMILES string of the molecule is CC1CN(S(=O)(=O)N2CCC(CN)CC2)CC(C)(C)O1. The zero-order valence-electron chi connectivity index (χ0n) is 12.7. The molecule has 0 aromatic carbocycles. The van der Waals surface area contributed by atoms with E-state index >= 15 is 0 Å².